The van der Waals surface area contributed by atoms with Crippen molar-refractivity contribution in [2.45, 2.75) is 25.9 Å². The predicted octanol–water partition coefficient (Wildman–Crippen LogP) is 2.44. The Kier molecular flexibility index (Phi) is 4.83. The molecule has 1 atom stereocenters. The Hall–Kier alpha value is -2.47. The van der Waals surface area contributed by atoms with Crippen LogP contribution in [0.2, 0.25) is 0 Å². The summed E-state index contributed by atoms with van der Waals surface area (Å²) in [6.45, 7) is 3.14. The van der Waals surface area contributed by atoms with Gasteiger partial charge in [0.05, 0.1) is 6.10 Å². The fourth-order valence-electron chi connectivity index (χ4n) is 2.49. The molecule has 0 saturated carbocycles. The molecule has 0 aliphatic carbocycles. The zero-order valence-corrected chi connectivity index (χ0v) is 13.1. The van der Waals surface area contributed by atoms with Crippen LogP contribution in [-0.2, 0) is 4.74 Å². The average Bonchev–Trinajstić information content (AvgIpc) is 3.06. The van der Waals surface area contributed by atoms with Gasteiger partial charge in [-0.2, -0.15) is 0 Å². The van der Waals surface area contributed by atoms with Crippen LogP contribution in [0.25, 0.3) is 0 Å². The molecule has 0 spiro atoms. The van der Waals surface area contributed by atoms with Crippen LogP contribution in [-0.4, -0.2) is 35.1 Å². The van der Waals surface area contributed by atoms with Crippen molar-refractivity contribution in [1.82, 2.24) is 15.3 Å². The summed E-state index contributed by atoms with van der Waals surface area (Å²) in [5, 5.41) is 5.99. The Morgan fingerprint density at radius 2 is 2.13 bits per heavy atom. The Morgan fingerprint density at radius 1 is 1.30 bits per heavy atom. The SMILES string of the molecule is Cc1cc(C(=O)NCC2CCCO2)nc(Nc2ccccc2)n1. The second-order valence-corrected chi connectivity index (χ2v) is 5.55. The van der Waals surface area contributed by atoms with Crippen LogP contribution in [0.3, 0.4) is 0 Å². The van der Waals surface area contributed by atoms with E-state index in [0.717, 1.165) is 30.8 Å². The summed E-state index contributed by atoms with van der Waals surface area (Å²) in [6.07, 6.45) is 2.16. The standard InChI is InChI=1S/C17H20N4O2/c1-12-10-15(16(22)18-11-14-8-5-9-23-14)21-17(19-12)20-13-6-3-2-4-7-13/h2-4,6-7,10,14H,5,8-9,11H2,1H3,(H,18,22)(H,19,20,21). The molecule has 6 heteroatoms. The van der Waals surface area contributed by atoms with Crippen molar-refractivity contribution >= 4 is 17.5 Å². The molecule has 6 nitrogen and oxygen atoms in total. The summed E-state index contributed by atoms with van der Waals surface area (Å²) in [5.74, 6) is 0.209. The van der Waals surface area contributed by atoms with E-state index in [1.54, 1.807) is 6.07 Å². The van der Waals surface area contributed by atoms with E-state index in [4.69, 9.17) is 4.74 Å². The molecular weight excluding hydrogens is 292 g/mol. The van der Waals surface area contributed by atoms with Crippen molar-refractivity contribution in [3.05, 3.63) is 47.8 Å². The van der Waals surface area contributed by atoms with Gasteiger partial charge < -0.3 is 15.4 Å². The number of hydrogen-bond donors (Lipinski definition) is 2. The number of benzene rings is 1. The number of nitrogens with zero attached hydrogens (tertiary/aromatic N) is 2. The van der Waals surface area contributed by atoms with Crippen molar-refractivity contribution in [2.75, 3.05) is 18.5 Å². The molecule has 0 bridgehead atoms. The summed E-state index contributed by atoms with van der Waals surface area (Å²) in [5.41, 5.74) is 1.97. The molecule has 2 N–H and O–H groups in total. The largest absolute Gasteiger partial charge is 0.376 e. The second kappa shape index (κ2) is 7.19. The minimum Gasteiger partial charge on any atom is -0.376 e. The van der Waals surface area contributed by atoms with Crippen LogP contribution in [0.4, 0.5) is 11.6 Å². The molecule has 2 aromatic rings. The molecule has 1 aromatic heterocycles. The molecule has 3 rings (SSSR count). The Labute approximate surface area is 135 Å². The van der Waals surface area contributed by atoms with Gasteiger partial charge in [-0.05, 0) is 38.0 Å². The maximum absolute atomic E-state index is 12.3. The van der Waals surface area contributed by atoms with E-state index in [-0.39, 0.29) is 12.0 Å². The lowest BCUT2D eigenvalue weighted by atomic mass is 10.2. The van der Waals surface area contributed by atoms with Crippen molar-refractivity contribution in [3.63, 3.8) is 0 Å². The smallest absolute Gasteiger partial charge is 0.270 e. The van der Waals surface area contributed by atoms with Crippen molar-refractivity contribution in [3.8, 4) is 0 Å². The van der Waals surface area contributed by atoms with Crippen molar-refractivity contribution in [2.24, 2.45) is 0 Å². The number of aryl methyl sites for hydroxylation is 1. The first kappa shape index (κ1) is 15.4. The van der Waals surface area contributed by atoms with Gasteiger partial charge in [0, 0.05) is 24.5 Å². The minimum atomic E-state index is -0.206. The van der Waals surface area contributed by atoms with Gasteiger partial charge in [0.2, 0.25) is 5.95 Å². The Bertz CT molecular complexity index is 670. The van der Waals surface area contributed by atoms with Gasteiger partial charge >= 0.3 is 0 Å². The van der Waals surface area contributed by atoms with Crippen molar-refractivity contribution < 1.29 is 9.53 Å². The van der Waals surface area contributed by atoms with Gasteiger partial charge in [-0.25, -0.2) is 9.97 Å². The molecule has 2 heterocycles. The topological polar surface area (TPSA) is 76.1 Å². The van der Waals surface area contributed by atoms with Gasteiger partial charge in [0.25, 0.3) is 5.91 Å². The normalized spacial score (nSPS) is 17.0. The number of rotatable bonds is 5. The third-order valence-electron chi connectivity index (χ3n) is 3.63. The summed E-state index contributed by atoms with van der Waals surface area (Å²) >= 11 is 0. The molecule has 1 unspecified atom stereocenters. The van der Waals surface area contributed by atoms with Crippen LogP contribution < -0.4 is 10.6 Å². The van der Waals surface area contributed by atoms with E-state index < -0.39 is 0 Å². The average molecular weight is 312 g/mol. The van der Waals surface area contributed by atoms with E-state index in [0.29, 0.717) is 18.2 Å². The molecule has 120 valence electrons. The number of hydrogen-bond acceptors (Lipinski definition) is 5. The van der Waals surface area contributed by atoms with E-state index in [2.05, 4.69) is 20.6 Å². The summed E-state index contributed by atoms with van der Waals surface area (Å²) in [7, 11) is 0. The lowest BCUT2D eigenvalue weighted by molar-refractivity contribution is 0.0853. The third-order valence-corrected chi connectivity index (χ3v) is 3.63. The van der Waals surface area contributed by atoms with Crippen LogP contribution in [0.15, 0.2) is 36.4 Å². The molecule has 0 radical (unpaired) electrons. The van der Waals surface area contributed by atoms with Crippen LogP contribution in [0, 0.1) is 6.92 Å². The number of para-hydroxylation sites is 1. The first-order chi connectivity index (χ1) is 11.2. The van der Waals surface area contributed by atoms with E-state index >= 15 is 0 Å². The summed E-state index contributed by atoms with van der Waals surface area (Å²) in [4.78, 5) is 20.9. The molecule has 1 saturated heterocycles. The van der Waals surface area contributed by atoms with Crippen molar-refractivity contribution in [1.29, 1.82) is 0 Å². The van der Waals surface area contributed by atoms with Crippen LogP contribution in [0.1, 0.15) is 29.0 Å². The fraction of sp³-hybridized carbons (Fsp3) is 0.353. The van der Waals surface area contributed by atoms with Gasteiger partial charge in [-0.1, -0.05) is 18.2 Å². The predicted molar refractivity (Wildman–Crippen MR) is 87.8 cm³/mol. The highest BCUT2D eigenvalue weighted by molar-refractivity contribution is 5.92. The molecule has 1 amide bonds. The lowest BCUT2D eigenvalue weighted by Crippen LogP contribution is -2.32. The summed E-state index contributed by atoms with van der Waals surface area (Å²) < 4.78 is 5.51. The molecular formula is C17H20N4O2. The highest BCUT2D eigenvalue weighted by atomic mass is 16.5. The Morgan fingerprint density at radius 3 is 2.87 bits per heavy atom. The minimum absolute atomic E-state index is 0.115. The third kappa shape index (κ3) is 4.26. The van der Waals surface area contributed by atoms with Gasteiger partial charge in [-0.15, -0.1) is 0 Å². The number of anilines is 2. The quantitative estimate of drug-likeness (QED) is 0.887. The Balaban J connectivity index is 1.67. The number of carbonyl (C=O) groups excluding carboxylic acids is 1. The van der Waals surface area contributed by atoms with Crippen LogP contribution in [0.5, 0.6) is 0 Å². The molecule has 1 aliphatic heterocycles. The molecule has 1 aliphatic rings. The first-order valence-electron chi connectivity index (χ1n) is 7.78. The van der Waals surface area contributed by atoms with Gasteiger partial charge in [-0.3, -0.25) is 4.79 Å². The fourth-order valence-corrected chi connectivity index (χ4v) is 2.49. The summed E-state index contributed by atoms with van der Waals surface area (Å²) in [6, 6.07) is 11.3. The zero-order valence-electron chi connectivity index (χ0n) is 13.1. The number of nitrogens with one attached hydrogen (secondary N) is 2. The highest BCUT2D eigenvalue weighted by Gasteiger charge is 2.17. The van der Waals surface area contributed by atoms with E-state index in [1.807, 2.05) is 37.3 Å². The molecule has 1 fully saturated rings. The highest BCUT2D eigenvalue weighted by Crippen LogP contribution is 2.14. The van der Waals surface area contributed by atoms with E-state index in [1.165, 1.54) is 0 Å². The first-order valence-corrected chi connectivity index (χ1v) is 7.78. The second-order valence-electron chi connectivity index (χ2n) is 5.55. The van der Waals surface area contributed by atoms with Crippen LogP contribution >= 0.6 is 0 Å². The molecule has 23 heavy (non-hydrogen) atoms. The molecule has 1 aromatic carbocycles. The number of carbonyl (C=O) groups is 1. The number of aromatic nitrogens is 2. The number of ether oxygens (including phenoxy) is 1. The maximum atomic E-state index is 12.3. The monoisotopic (exact) mass is 312 g/mol. The number of amides is 1. The van der Waals surface area contributed by atoms with Gasteiger partial charge in [0.1, 0.15) is 5.69 Å². The lowest BCUT2D eigenvalue weighted by Gasteiger charge is -2.11. The maximum Gasteiger partial charge on any atom is 0.270 e. The van der Waals surface area contributed by atoms with Gasteiger partial charge in [0.15, 0.2) is 0 Å². The zero-order chi connectivity index (χ0) is 16.1. The van der Waals surface area contributed by atoms with E-state index in [9.17, 15) is 4.79 Å².